The van der Waals surface area contributed by atoms with Crippen LogP contribution in [0.3, 0.4) is 0 Å². The number of aliphatic hydroxyl groups is 1. The van der Waals surface area contributed by atoms with Gasteiger partial charge in [-0.15, -0.1) is 0 Å². The van der Waals surface area contributed by atoms with E-state index in [4.69, 9.17) is 19.9 Å². The Kier molecular flexibility index (Phi) is 5.17. The third-order valence-electron chi connectivity index (χ3n) is 6.31. The van der Waals surface area contributed by atoms with Gasteiger partial charge in [0, 0.05) is 17.8 Å². The molecule has 0 aliphatic carbocycles. The summed E-state index contributed by atoms with van der Waals surface area (Å²) in [6, 6.07) is 11.4. The summed E-state index contributed by atoms with van der Waals surface area (Å²) in [5, 5.41) is 9.87. The first-order valence-corrected chi connectivity index (χ1v) is 11.0. The second-order valence-corrected chi connectivity index (χ2v) is 8.64. The molecule has 4 aromatic rings. The van der Waals surface area contributed by atoms with Crippen LogP contribution in [0, 0.1) is 17.5 Å². The van der Waals surface area contributed by atoms with Gasteiger partial charge in [0.2, 0.25) is 0 Å². The van der Waals surface area contributed by atoms with Crippen molar-refractivity contribution in [1.82, 2.24) is 9.97 Å². The van der Waals surface area contributed by atoms with Gasteiger partial charge in [-0.2, -0.15) is 0 Å². The molecule has 2 aromatic carbocycles. The predicted octanol–water partition coefficient (Wildman–Crippen LogP) is 3.80. The Bertz CT molecular complexity index is 1400. The molecular weight excluding hydrogens is 463 g/mol. The molecule has 7 nitrogen and oxygen atoms in total. The highest BCUT2D eigenvalue weighted by Crippen LogP contribution is 2.35. The topological polar surface area (TPSA) is 103 Å². The molecule has 0 saturated carbocycles. The summed E-state index contributed by atoms with van der Waals surface area (Å²) in [6.07, 6.45) is -2.09. The number of nitrogens with zero attached hydrogens (tertiary/aromatic N) is 1. The number of fused-ring (bicyclic) bond motifs is 2. The summed E-state index contributed by atoms with van der Waals surface area (Å²) >= 11 is 0. The van der Waals surface area contributed by atoms with E-state index in [1.165, 1.54) is 6.07 Å². The van der Waals surface area contributed by atoms with E-state index >= 15 is 8.78 Å². The average molecular weight is 483 g/mol. The maximum atomic E-state index is 15.0. The first-order chi connectivity index (χ1) is 16.9. The molecule has 2 fully saturated rings. The number of H-pyrrole nitrogens is 1. The molecule has 4 N–H and O–H groups in total. The van der Waals surface area contributed by atoms with E-state index in [0.717, 1.165) is 18.2 Å². The predicted molar refractivity (Wildman–Crippen MR) is 121 cm³/mol. The maximum absolute atomic E-state index is 15.0. The van der Waals surface area contributed by atoms with Crippen LogP contribution in [0.4, 0.5) is 18.9 Å². The smallest absolute Gasteiger partial charge is 0.193 e. The molecule has 6 rings (SSSR count). The van der Waals surface area contributed by atoms with E-state index in [9.17, 15) is 9.50 Å². The summed E-state index contributed by atoms with van der Waals surface area (Å²) in [4.78, 5) is 7.07. The highest BCUT2D eigenvalue weighted by molar-refractivity contribution is 5.81. The Morgan fingerprint density at radius 2 is 1.63 bits per heavy atom. The molecule has 0 spiro atoms. The molecular formula is C25H20F3N3O4. The number of aliphatic hydroxyl groups excluding tert-OH is 1. The van der Waals surface area contributed by atoms with Gasteiger partial charge in [-0.25, -0.2) is 18.2 Å². The van der Waals surface area contributed by atoms with E-state index in [-0.39, 0.29) is 24.6 Å². The second-order valence-electron chi connectivity index (χ2n) is 8.64. The Morgan fingerprint density at radius 1 is 0.914 bits per heavy atom. The van der Waals surface area contributed by atoms with Crippen LogP contribution in [0.5, 0.6) is 5.88 Å². The number of hydrogen-bond donors (Lipinski definition) is 3. The molecule has 2 aliphatic rings. The molecule has 2 aromatic heterocycles. The van der Waals surface area contributed by atoms with Gasteiger partial charge in [0.25, 0.3) is 0 Å². The maximum Gasteiger partial charge on any atom is 0.193 e. The monoisotopic (exact) mass is 483 g/mol. The summed E-state index contributed by atoms with van der Waals surface area (Å²) in [7, 11) is 0. The molecule has 2 aliphatic heterocycles. The minimum atomic E-state index is -0.944. The van der Waals surface area contributed by atoms with Crippen molar-refractivity contribution in [3.05, 3.63) is 66.0 Å². The lowest BCUT2D eigenvalue weighted by molar-refractivity contribution is 0.00794. The van der Waals surface area contributed by atoms with Crippen molar-refractivity contribution in [2.45, 2.75) is 24.4 Å². The number of nitrogens with one attached hydrogen (secondary N) is 1. The zero-order valence-corrected chi connectivity index (χ0v) is 18.2. The number of nitrogens with two attached hydrogens (primary N) is 1. The zero-order chi connectivity index (χ0) is 24.3. The summed E-state index contributed by atoms with van der Waals surface area (Å²) < 4.78 is 61.9. The van der Waals surface area contributed by atoms with Crippen molar-refractivity contribution in [2.75, 3.05) is 18.9 Å². The zero-order valence-electron chi connectivity index (χ0n) is 18.2. The van der Waals surface area contributed by atoms with E-state index in [1.54, 1.807) is 24.3 Å². The second kappa shape index (κ2) is 8.26. The Hall–Kier alpha value is -3.60. The van der Waals surface area contributed by atoms with Crippen LogP contribution in [-0.4, -0.2) is 52.7 Å². The fraction of sp³-hybridized carbons (Fsp3) is 0.240. The van der Waals surface area contributed by atoms with Crippen LogP contribution in [-0.2, 0) is 9.47 Å². The summed E-state index contributed by atoms with van der Waals surface area (Å²) in [5.74, 6) is -2.51. The molecule has 4 heterocycles. The first kappa shape index (κ1) is 21.9. The van der Waals surface area contributed by atoms with Crippen molar-refractivity contribution in [1.29, 1.82) is 0 Å². The quantitative estimate of drug-likeness (QED) is 0.382. The number of pyridine rings is 1. The van der Waals surface area contributed by atoms with Gasteiger partial charge in [-0.05, 0) is 35.4 Å². The molecule has 35 heavy (non-hydrogen) atoms. The highest BCUT2D eigenvalue weighted by Gasteiger charge is 2.48. The summed E-state index contributed by atoms with van der Waals surface area (Å²) in [5.41, 5.74) is 6.60. The molecule has 4 atom stereocenters. The third kappa shape index (κ3) is 3.79. The van der Waals surface area contributed by atoms with Crippen LogP contribution >= 0.6 is 0 Å². The number of rotatable bonds is 4. The first-order valence-electron chi connectivity index (χ1n) is 11.0. The number of nitrogen functional groups attached to an aromatic ring is 1. The standard InChI is InChI=1S/C25H20F3N3O4/c26-14-5-12(11-1-3-13(29)4-2-11)6-15(27)22(14)23-16(28)7-17-18(31-23)8-21(30-17)35-20-10-34-24-19(32)9-33-25(20)24/h1-8,19-20,24-25,30,32H,9-10,29H2/t19-,20-,24?,25-/m1/s1. The van der Waals surface area contributed by atoms with E-state index in [0.29, 0.717) is 22.3 Å². The molecule has 10 heteroatoms. The lowest BCUT2D eigenvalue weighted by Crippen LogP contribution is -2.34. The molecule has 2 saturated heterocycles. The number of hydrogen-bond acceptors (Lipinski definition) is 6. The molecule has 180 valence electrons. The fourth-order valence-electron chi connectivity index (χ4n) is 4.59. The van der Waals surface area contributed by atoms with Gasteiger partial charge >= 0.3 is 0 Å². The van der Waals surface area contributed by atoms with Crippen LogP contribution in [0.15, 0.2) is 48.5 Å². The highest BCUT2D eigenvalue weighted by atomic mass is 19.1. The van der Waals surface area contributed by atoms with Gasteiger partial charge in [0.15, 0.2) is 17.8 Å². The van der Waals surface area contributed by atoms with Gasteiger partial charge < -0.3 is 30.0 Å². The number of aromatic nitrogens is 2. The van der Waals surface area contributed by atoms with Gasteiger partial charge in [-0.1, -0.05) is 12.1 Å². The number of benzene rings is 2. The Labute approximate surface area is 197 Å². The van der Waals surface area contributed by atoms with Crippen LogP contribution in [0.25, 0.3) is 33.4 Å². The summed E-state index contributed by atoms with van der Waals surface area (Å²) in [6.45, 7) is 0.373. The molecule has 1 unspecified atom stereocenters. The minimum absolute atomic E-state index is 0.159. The van der Waals surface area contributed by atoms with Crippen molar-refractivity contribution < 1.29 is 32.5 Å². The lowest BCUT2D eigenvalue weighted by Gasteiger charge is -2.16. The minimum Gasteiger partial charge on any atom is -0.470 e. The normalized spacial score (nSPS) is 23.7. The molecule has 0 radical (unpaired) electrons. The third-order valence-corrected chi connectivity index (χ3v) is 6.31. The fourth-order valence-corrected chi connectivity index (χ4v) is 4.59. The molecule has 0 bridgehead atoms. The largest absolute Gasteiger partial charge is 0.470 e. The van der Waals surface area contributed by atoms with Gasteiger partial charge in [-0.3, -0.25) is 0 Å². The SMILES string of the molecule is Nc1ccc(-c2cc(F)c(-c3nc4cc(O[C@@H]5COC6[C@H](O)CO[C@@H]65)[nH]c4cc3F)c(F)c2)cc1. The lowest BCUT2D eigenvalue weighted by atomic mass is 10.0. The van der Waals surface area contributed by atoms with Crippen molar-refractivity contribution in [3.8, 4) is 28.3 Å². The van der Waals surface area contributed by atoms with Crippen LogP contribution in [0.2, 0.25) is 0 Å². The average Bonchev–Trinajstić information content (AvgIpc) is 3.51. The Balaban J connectivity index is 1.32. The van der Waals surface area contributed by atoms with Crippen molar-refractivity contribution in [3.63, 3.8) is 0 Å². The van der Waals surface area contributed by atoms with E-state index in [2.05, 4.69) is 9.97 Å². The number of ether oxygens (including phenoxy) is 3. The van der Waals surface area contributed by atoms with E-state index < -0.39 is 53.1 Å². The van der Waals surface area contributed by atoms with Crippen LogP contribution < -0.4 is 10.5 Å². The number of anilines is 1. The van der Waals surface area contributed by atoms with Crippen molar-refractivity contribution in [2.24, 2.45) is 0 Å². The number of halogens is 3. The van der Waals surface area contributed by atoms with Crippen LogP contribution in [0.1, 0.15) is 0 Å². The van der Waals surface area contributed by atoms with E-state index in [1.807, 2.05) is 0 Å². The van der Waals surface area contributed by atoms with Gasteiger partial charge in [0.05, 0.1) is 29.8 Å². The Morgan fingerprint density at radius 3 is 2.37 bits per heavy atom. The number of aromatic amines is 1. The molecule has 0 amide bonds. The van der Waals surface area contributed by atoms with Gasteiger partial charge in [0.1, 0.15) is 35.6 Å². The van der Waals surface area contributed by atoms with Crippen molar-refractivity contribution >= 4 is 16.7 Å².